The molecule has 7 nitrogen and oxygen atoms in total. The van der Waals surface area contributed by atoms with Crippen LogP contribution >= 0.6 is 22.9 Å². The van der Waals surface area contributed by atoms with Gasteiger partial charge in [0.1, 0.15) is 0 Å². The van der Waals surface area contributed by atoms with E-state index in [2.05, 4.69) is 4.98 Å². The fraction of sp³-hybridized carbons (Fsp3) is 0.429. The Bertz CT molecular complexity index is 846. The van der Waals surface area contributed by atoms with Crippen molar-refractivity contribution < 1.29 is 13.2 Å². The van der Waals surface area contributed by atoms with Crippen molar-refractivity contribution >= 4 is 38.9 Å². The first-order valence-corrected chi connectivity index (χ1v) is 10.0. The molecule has 1 amide bonds. The molecule has 0 saturated carbocycles. The van der Waals surface area contributed by atoms with E-state index in [4.69, 9.17) is 11.6 Å². The Balaban J connectivity index is 1.72. The Labute approximate surface area is 149 Å². The molecule has 2 aromatic heterocycles. The molecule has 1 aliphatic heterocycles. The predicted octanol–water partition coefficient (Wildman–Crippen LogP) is 1.67. The number of aromatic nitrogens is 2. The van der Waals surface area contributed by atoms with Crippen LogP contribution in [0.5, 0.6) is 0 Å². The maximum absolute atomic E-state index is 12.6. The molecule has 0 aromatic carbocycles. The molecule has 0 bridgehead atoms. The number of carbonyl (C=O) groups excluding carboxylic acids is 1. The zero-order chi connectivity index (χ0) is 17.3. The van der Waals surface area contributed by atoms with Gasteiger partial charge in [-0.05, 0) is 18.6 Å². The molecule has 1 aliphatic rings. The van der Waals surface area contributed by atoms with E-state index >= 15 is 0 Å². The van der Waals surface area contributed by atoms with E-state index in [1.54, 1.807) is 28.6 Å². The third-order valence-electron chi connectivity index (χ3n) is 3.81. The first-order valence-electron chi connectivity index (χ1n) is 7.40. The first-order chi connectivity index (χ1) is 11.4. The molecule has 10 heteroatoms. The smallest absolute Gasteiger partial charge is 0.264 e. The predicted molar refractivity (Wildman–Crippen MR) is 91.8 cm³/mol. The monoisotopic (exact) mass is 388 g/mol. The van der Waals surface area contributed by atoms with Crippen LogP contribution in [0.15, 0.2) is 29.7 Å². The van der Waals surface area contributed by atoms with Crippen molar-refractivity contribution in [2.45, 2.75) is 11.4 Å². The van der Waals surface area contributed by atoms with Crippen molar-refractivity contribution in [2.75, 3.05) is 26.2 Å². The highest BCUT2D eigenvalue weighted by atomic mass is 35.5. The number of hydrogen-bond acceptors (Lipinski definition) is 5. The number of sulfonamides is 1. The average molecular weight is 389 g/mol. The number of imidazole rings is 1. The van der Waals surface area contributed by atoms with Crippen LogP contribution in [0.2, 0.25) is 4.34 Å². The number of hydrogen-bond donors (Lipinski definition) is 0. The summed E-state index contributed by atoms with van der Waals surface area (Å²) in [6.45, 7) is 1.49. The SMILES string of the molecule is Cn1cnc(S(=O)(=O)N2CCCN(C(=O)c3ccc(Cl)s3)CC2)c1. The summed E-state index contributed by atoms with van der Waals surface area (Å²) < 4.78 is 28.8. The van der Waals surface area contributed by atoms with Crippen LogP contribution in [0, 0.1) is 0 Å². The minimum absolute atomic E-state index is 0.0369. The van der Waals surface area contributed by atoms with E-state index in [-0.39, 0.29) is 17.5 Å². The fourth-order valence-corrected chi connectivity index (χ4v) is 5.02. The van der Waals surface area contributed by atoms with Gasteiger partial charge in [0.25, 0.3) is 15.9 Å². The number of nitrogens with zero attached hydrogens (tertiary/aromatic N) is 4. The quantitative estimate of drug-likeness (QED) is 0.801. The van der Waals surface area contributed by atoms with Gasteiger partial charge in [0.15, 0.2) is 5.03 Å². The van der Waals surface area contributed by atoms with Crippen LogP contribution in [0.1, 0.15) is 16.1 Å². The lowest BCUT2D eigenvalue weighted by Crippen LogP contribution is -2.37. The number of halogens is 1. The van der Waals surface area contributed by atoms with Crippen molar-refractivity contribution in [2.24, 2.45) is 7.05 Å². The molecule has 0 radical (unpaired) electrons. The third-order valence-corrected chi connectivity index (χ3v) is 6.81. The number of amides is 1. The molecule has 24 heavy (non-hydrogen) atoms. The molecule has 0 atom stereocenters. The van der Waals surface area contributed by atoms with Gasteiger partial charge >= 0.3 is 0 Å². The highest BCUT2D eigenvalue weighted by Gasteiger charge is 2.30. The van der Waals surface area contributed by atoms with Crippen LogP contribution in [-0.4, -0.2) is 59.3 Å². The van der Waals surface area contributed by atoms with E-state index in [0.717, 1.165) is 0 Å². The lowest BCUT2D eigenvalue weighted by molar-refractivity contribution is 0.0769. The van der Waals surface area contributed by atoms with Crippen molar-refractivity contribution in [3.8, 4) is 0 Å². The molecule has 3 rings (SSSR count). The lowest BCUT2D eigenvalue weighted by Gasteiger charge is -2.20. The van der Waals surface area contributed by atoms with E-state index in [9.17, 15) is 13.2 Å². The summed E-state index contributed by atoms with van der Waals surface area (Å²) in [7, 11) is -1.91. The van der Waals surface area contributed by atoms with Gasteiger partial charge in [-0.2, -0.15) is 4.31 Å². The largest absolute Gasteiger partial charge is 0.339 e. The number of rotatable bonds is 3. The van der Waals surface area contributed by atoms with Crippen LogP contribution in [0.4, 0.5) is 0 Å². The normalized spacial score (nSPS) is 17.0. The second kappa shape index (κ2) is 6.83. The van der Waals surface area contributed by atoms with Gasteiger partial charge in [-0.15, -0.1) is 11.3 Å². The molecule has 1 fully saturated rings. The average Bonchev–Trinajstić information content (AvgIpc) is 3.08. The minimum Gasteiger partial charge on any atom is -0.339 e. The van der Waals surface area contributed by atoms with Crippen molar-refractivity contribution in [3.05, 3.63) is 33.9 Å². The molecule has 3 heterocycles. The van der Waals surface area contributed by atoms with Crippen molar-refractivity contribution in [1.82, 2.24) is 18.8 Å². The van der Waals surface area contributed by atoms with Gasteiger partial charge in [-0.25, -0.2) is 13.4 Å². The molecule has 0 aliphatic carbocycles. The Morgan fingerprint density at radius 2 is 2.04 bits per heavy atom. The van der Waals surface area contributed by atoms with Gasteiger partial charge in [0.05, 0.1) is 15.5 Å². The molecule has 0 N–H and O–H groups in total. The van der Waals surface area contributed by atoms with E-state index in [0.29, 0.717) is 35.3 Å². The van der Waals surface area contributed by atoms with Gasteiger partial charge in [0.2, 0.25) is 0 Å². The summed E-state index contributed by atoms with van der Waals surface area (Å²) in [4.78, 5) is 18.7. The minimum atomic E-state index is -3.63. The van der Waals surface area contributed by atoms with Crippen LogP contribution in [-0.2, 0) is 17.1 Å². The molecule has 2 aromatic rings. The van der Waals surface area contributed by atoms with Crippen LogP contribution in [0.3, 0.4) is 0 Å². The summed E-state index contributed by atoms with van der Waals surface area (Å²) in [6.07, 6.45) is 3.52. The standard InChI is InChI=1S/C14H17ClN4O3S2/c1-17-9-13(16-10-17)24(21,22)19-6-2-5-18(7-8-19)14(20)11-3-4-12(15)23-11/h3-4,9-10H,2,5-8H2,1H3. The summed E-state index contributed by atoms with van der Waals surface area (Å²) >= 11 is 7.11. The first kappa shape index (κ1) is 17.4. The molecular weight excluding hydrogens is 372 g/mol. The second-order valence-corrected chi connectivity index (χ2v) is 9.13. The number of aryl methyl sites for hydroxylation is 1. The molecule has 0 unspecified atom stereocenters. The fourth-order valence-electron chi connectivity index (χ4n) is 2.58. The summed E-state index contributed by atoms with van der Waals surface area (Å²) in [5.41, 5.74) is 0. The van der Waals surface area contributed by atoms with Gasteiger partial charge in [0, 0.05) is 39.4 Å². The second-order valence-electron chi connectivity index (χ2n) is 5.53. The zero-order valence-corrected chi connectivity index (χ0v) is 15.4. The Morgan fingerprint density at radius 3 is 2.67 bits per heavy atom. The van der Waals surface area contributed by atoms with E-state index in [1.165, 1.54) is 28.2 Å². The van der Waals surface area contributed by atoms with Crippen LogP contribution < -0.4 is 0 Å². The number of carbonyl (C=O) groups is 1. The summed E-state index contributed by atoms with van der Waals surface area (Å²) in [6, 6.07) is 3.39. The van der Waals surface area contributed by atoms with Gasteiger partial charge in [-0.3, -0.25) is 4.79 Å². The van der Waals surface area contributed by atoms with Crippen molar-refractivity contribution in [1.29, 1.82) is 0 Å². The highest BCUT2D eigenvalue weighted by Crippen LogP contribution is 2.23. The maximum Gasteiger partial charge on any atom is 0.264 e. The molecular formula is C14H17ClN4O3S2. The molecule has 1 saturated heterocycles. The summed E-state index contributed by atoms with van der Waals surface area (Å²) in [5.74, 6) is -0.107. The maximum atomic E-state index is 12.6. The van der Waals surface area contributed by atoms with Crippen LogP contribution in [0.25, 0.3) is 0 Å². The van der Waals surface area contributed by atoms with E-state index in [1.807, 2.05) is 0 Å². The Kier molecular flexibility index (Phi) is 4.95. The Morgan fingerprint density at radius 1 is 1.25 bits per heavy atom. The third kappa shape index (κ3) is 3.49. The number of thiophene rings is 1. The van der Waals surface area contributed by atoms with Gasteiger partial charge < -0.3 is 9.47 Å². The van der Waals surface area contributed by atoms with Gasteiger partial charge in [-0.1, -0.05) is 11.6 Å². The van der Waals surface area contributed by atoms with Crippen molar-refractivity contribution in [3.63, 3.8) is 0 Å². The Hall–Kier alpha value is -1.42. The lowest BCUT2D eigenvalue weighted by atomic mass is 10.3. The summed E-state index contributed by atoms with van der Waals surface area (Å²) in [5, 5.41) is 0.0369. The highest BCUT2D eigenvalue weighted by molar-refractivity contribution is 7.89. The topological polar surface area (TPSA) is 75.5 Å². The molecule has 130 valence electrons. The van der Waals surface area contributed by atoms with E-state index < -0.39 is 10.0 Å². The molecule has 0 spiro atoms. The zero-order valence-electron chi connectivity index (χ0n) is 13.1.